The molecule has 1 aromatic carbocycles. The van der Waals surface area contributed by atoms with Crippen molar-refractivity contribution in [1.29, 1.82) is 0 Å². The van der Waals surface area contributed by atoms with Crippen LogP contribution in [-0.2, 0) is 16.0 Å². The molecule has 6 nitrogen and oxygen atoms in total. The van der Waals surface area contributed by atoms with E-state index in [4.69, 9.17) is 10.8 Å². The summed E-state index contributed by atoms with van der Waals surface area (Å²) >= 11 is 0. The van der Waals surface area contributed by atoms with Gasteiger partial charge in [-0.3, -0.25) is 0 Å². The number of aromatic amines is 1. The Hall–Kier alpha value is -2.34. The van der Waals surface area contributed by atoms with Gasteiger partial charge in [0, 0.05) is 23.5 Å². The molecule has 0 fully saturated rings. The Morgan fingerprint density at radius 1 is 1.39 bits per heavy atom. The molecule has 1 atom stereocenters. The zero-order valence-electron chi connectivity index (χ0n) is 9.42. The fourth-order valence-corrected chi connectivity index (χ4v) is 1.78. The van der Waals surface area contributed by atoms with Gasteiger partial charge in [0.25, 0.3) is 0 Å². The van der Waals surface area contributed by atoms with Gasteiger partial charge in [0.2, 0.25) is 0 Å². The molecule has 0 bridgehead atoms. The second-order valence-electron chi connectivity index (χ2n) is 3.86. The maximum absolute atomic E-state index is 11.3. The van der Waals surface area contributed by atoms with Crippen molar-refractivity contribution in [3.8, 4) is 0 Å². The second-order valence-corrected chi connectivity index (χ2v) is 3.86. The molecule has 0 saturated carbocycles. The van der Waals surface area contributed by atoms with Gasteiger partial charge in [0.05, 0.1) is 0 Å². The highest BCUT2D eigenvalue weighted by molar-refractivity contribution is 5.87. The molecule has 0 aliphatic rings. The van der Waals surface area contributed by atoms with Crippen LogP contribution in [0.15, 0.2) is 30.5 Å². The van der Waals surface area contributed by atoms with Crippen LogP contribution in [0.4, 0.5) is 4.79 Å². The molecule has 2 rings (SSSR count). The Kier molecular flexibility index (Phi) is 3.29. The molecule has 6 heteroatoms. The van der Waals surface area contributed by atoms with Crippen molar-refractivity contribution in [2.45, 2.75) is 12.5 Å². The van der Waals surface area contributed by atoms with Crippen molar-refractivity contribution in [3.05, 3.63) is 36.0 Å². The van der Waals surface area contributed by atoms with E-state index in [9.17, 15) is 9.59 Å². The van der Waals surface area contributed by atoms with Gasteiger partial charge in [-0.15, -0.1) is 0 Å². The standard InChI is InChI=1S/C12H12N2O4/c13-9(11(15)18-12(16)17)5-7-6-14-10-4-2-1-3-8(7)10/h1-4,6,9,14H,5,13H2,(H,16,17)/t9-/m0/s1. The number of fused-ring (bicyclic) bond motifs is 1. The summed E-state index contributed by atoms with van der Waals surface area (Å²) in [6, 6.07) is 6.57. The highest BCUT2D eigenvalue weighted by Gasteiger charge is 2.20. The molecule has 0 saturated heterocycles. The van der Waals surface area contributed by atoms with E-state index in [2.05, 4.69) is 9.72 Å². The van der Waals surface area contributed by atoms with Crippen molar-refractivity contribution in [2.75, 3.05) is 0 Å². The number of aromatic nitrogens is 1. The first-order valence-electron chi connectivity index (χ1n) is 5.33. The first kappa shape index (κ1) is 12.1. The number of esters is 1. The van der Waals surface area contributed by atoms with E-state index >= 15 is 0 Å². The van der Waals surface area contributed by atoms with Crippen LogP contribution in [0.25, 0.3) is 10.9 Å². The third-order valence-electron chi connectivity index (χ3n) is 2.61. The summed E-state index contributed by atoms with van der Waals surface area (Å²) < 4.78 is 4.02. The lowest BCUT2D eigenvalue weighted by atomic mass is 10.1. The summed E-state index contributed by atoms with van der Waals surface area (Å²) in [6.45, 7) is 0. The van der Waals surface area contributed by atoms with Gasteiger partial charge in [-0.2, -0.15) is 0 Å². The highest BCUT2D eigenvalue weighted by atomic mass is 16.7. The van der Waals surface area contributed by atoms with Crippen LogP contribution in [0, 0.1) is 0 Å². The smallest absolute Gasteiger partial charge is 0.449 e. The predicted molar refractivity (Wildman–Crippen MR) is 64.1 cm³/mol. The number of para-hydroxylation sites is 1. The summed E-state index contributed by atoms with van der Waals surface area (Å²) in [5.74, 6) is -0.951. The van der Waals surface area contributed by atoms with Crippen LogP contribution in [0.3, 0.4) is 0 Å². The average Bonchev–Trinajstić information content (AvgIpc) is 2.72. The number of nitrogens with two attached hydrogens (primary N) is 1. The number of H-pyrrole nitrogens is 1. The van der Waals surface area contributed by atoms with Gasteiger partial charge in [0.15, 0.2) is 0 Å². The third-order valence-corrected chi connectivity index (χ3v) is 2.61. The van der Waals surface area contributed by atoms with Crippen LogP contribution >= 0.6 is 0 Å². The number of rotatable bonds is 3. The number of ether oxygens (including phenoxy) is 1. The van der Waals surface area contributed by atoms with Crippen LogP contribution < -0.4 is 5.73 Å². The minimum absolute atomic E-state index is 0.218. The zero-order chi connectivity index (χ0) is 13.1. The van der Waals surface area contributed by atoms with Crippen LogP contribution in [0.1, 0.15) is 5.56 Å². The lowest BCUT2D eigenvalue weighted by Crippen LogP contribution is -2.35. The van der Waals surface area contributed by atoms with Crippen molar-refractivity contribution in [1.82, 2.24) is 4.98 Å². The van der Waals surface area contributed by atoms with Gasteiger partial charge in [-0.25, -0.2) is 9.59 Å². The Balaban J connectivity index is 2.14. The topological polar surface area (TPSA) is 105 Å². The van der Waals surface area contributed by atoms with Crippen LogP contribution in [-0.4, -0.2) is 28.3 Å². The molecule has 0 radical (unpaired) electrons. The van der Waals surface area contributed by atoms with Gasteiger partial charge >= 0.3 is 12.1 Å². The Bertz CT molecular complexity index is 591. The van der Waals surface area contributed by atoms with E-state index in [-0.39, 0.29) is 6.42 Å². The molecule has 1 heterocycles. The van der Waals surface area contributed by atoms with Crippen molar-refractivity contribution >= 4 is 23.0 Å². The van der Waals surface area contributed by atoms with E-state index in [1.807, 2.05) is 24.3 Å². The molecule has 0 aliphatic carbocycles. The number of carbonyl (C=O) groups excluding carboxylic acids is 1. The Labute approximate surface area is 102 Å². The quantitative estimate of drug-likeness (QED) is 0.560. The molecule has 1 aromatic heterocycles. The second kappa shape index (κ2) is 4.89. The van der Waals surface area contributed by atoms with Gasteiger partial charge in [0.1, 0.15) is 6.04 Å². The van der Waals surface area contributed by atoms with Crippen molar-refractivity contribution in [3.63, 3.8) is 0 Å². The zero-order valence-corrected chi connectivity index (χ0v) is 9.42. The SMILES string of the molecule is N[C@@H](Cc1c[nH]c2ccccc12)C(=O)OC(=O)O. The molecule has 0 aliphatic heterocycles. The molecular formula is C12H12N2O4. The normalized spacial score (nSPS) is 12.3. The first-order chi connectivity index (χ1) is 8.58. The monoisotopic (exact) mass is 248 g/mol. The Morgan fingerprint density at radius 2 is 2.11 bits per heavy atom. The maximum Gasteiger partial charge on any atom is 0.513 e. The van der Waals surface area contributed by atoms with E-state index in [1.165, 1.54) is 0 Å². The number of carbonyl (C=O) groups is 2. The van der Waals surface area contributed by atoms with Crippen LogP contribution in [0.5, 0.6) is 0 Å². The fourth-order valence-electron chi connectivity index (χ4n) is 1.78. The minimum atomic E-state index is -1.64. The molecule has 2 aromatic rings. The lowest BCUT2D eigenvalue weighted by Gasteiger charge is -2.07. The highest BCUT2D eigenvalue weighted by Crippen LogP contribution is 2.18. The summed E-state index contributed by atoms with van der Waals surface area (Å²) in [5.41, 5.74) is 7.38. The summed E-state index contributed by atoms with van der Waals surface area (Å²) in [7, 11) is 0. The van der Waals surface area contributed by atoms with Gasteiger partial charge < -0.3 is 20.6 Å². The molecular weight excluding hydrogens is 236 g/mol. The molecule has 94 valence electrons. The minimum Gasteiger partial charge on any atom is -0.449 e. The number of hydrogen-bond acceptors (Lipinski definition) is 4. The molecule has 0 amide bonds. The summed E-state index contributed by atoms with van der Waals surface area (Å²) in [6.07, 6.45) is 0.323. The fraction of sp³-hybridized carbons (Fsp3) is 0.167. The molecule has 0 unspecified atom stereocenters. The van der Waals surface area contributed by atoms with E-state index in [0.717, 1.165) is 16.5 Å². The number of carboxylic acid groups (broad SMARTS) is 1. The third kappa shape index (κ3) is 2.49. The number of benzene rings is 1. The number of hydrogen-bond donors (Lipinski definition) is 3. The van der Waals surface area contributed by atoms with Crippen molar-refractivity contribution < 1.29 is 19.4 Å². The Morgan fingerprint density at radius 3 is 2.83 bits per heavy atom. The van der Waals surface area contributed by atoms with Crippen LogP contribution in [0.2, 0.25) is 0 Å². The van der Waals surface area contributed by atoms with E-state index in [0.29, 0.717) is 0 Å². The summed E-state index contributed by atoms with van der Waals surface area (Å²) in [5, 5.41) is 9.28. The average molecular weight is 248 g/mol. The molecule has 0 spiro atoms. The predicted octanol–water partition coefficient (Wildman–Crippen LogP) is 1.26. The maximum atomic E-state index is 11.3. The van der Waals surface area contributed by atoms with Gasteiger partial charge in [-0.1, -0.05) is 18.2 Å². The largest absolute Gasteiger partial charge is 0.513 e. The van der Waals surface area contributed by atoms with E-state index < -0.39 is 18.2 Å². The lowest BCUT2D eigenvalue weighted by molar-refractivity contribution is -0.140. The molecule has 4 N–H and O–H groups in total. The van der Waals surface area contributed by atoms with Gasteiger partial charge in [-0.05, 0) is 11.6 Å². The molecule has 18 heavy (non-hydrogen) atoms. The van der Waals surface area contributed by atoms with E-state index in [1.54, 1.807) is 6.20 Å². The van der Waals surface area contributed by atoms with Crippen molar-refractivity contribution in [2.24, 2.45) is 5.73 Å². The number of nitrogens with one attached hydrogen (secondary N) is 1. The first-order valence-corrected chi connectivity index (χ1v) is 5.33. The summed E-state index contributed by atoms with van der Waals surface area (Å²) in [4.78, 5) is 24.6.